The van der Waals surface area contributed by atoms with Gasteiger partial charge in [0.25, 0.3) is 0 Å². The van der Waals surface area contributed by atoms with Crippen molar-refractivity contribution in [1.82, 2.24) is 28.4 Å². The Balaban J connectivity index is 1.24. The molecule has 286 valence electrons. The fraction of sp³-hybridized carbons (Fsp3) is 0.359. The van der Waals surface area contributed by atoms with Crippen molar-refractivity contribution in [2.24, 2.45) is 14.1 Å². The fourth-order valence-corrected chi connectivity index (χ4v) is 11.0. The molecule has 5 heterocycles. The summed E-state index contributed by atoms with van der Waals surface area (Å²) >= 11 is 8.65. The molecule has 1 aliphatic carbocycles. The summed E-state index contributed by atoms with van der Waals surface area (Å²) in [7, 11) is -0.195. The number of aromatic nitrogens is 5. The highest BCUT2D eigenvalue weighted by Crippen LogP contribution is 2.44. The van der Waals surface area contributed by atoms with Crippen molar-refractivity contribution < 1.29 is 32.2 Å². The van der Waals surface area contributed by atoms with E-state index in [1.54, 1.807) is 40.2 Å². The van der Waals surface area contributed by atoms with E-state index in [1.165, 1.54) is 16.4 Å². The van der Waals surface area contributed by atoms with Gasteiger partial charge in [-0.1, -0.05) is 17.7 Å². The van der Waals surface area contributed by atoms with Crippen molar-refractivity contribution in [3.63, 3.8) is 0 Å². The SMILES string of the molecule is Cn1nc2cc1CSc1cc(c3ccc(F)cc3c1)OCCCc1c(C(=O)O)n(C)c3c(c(Cl)ccc13)-c1c(nn3c1COCC3)CN(S(=O)(=O)C1CC1)C2. The molecule has 9 rings (SSSR count). The minimum absolute atomic E-state index is 0.0259. The maximum Gasteiger partial charge on any atom is 0.352 e. The van der Waals surface area contributed by atoms with Crippen LogP contribution in [0.5, 0.6) is 5.75 Å². The summed E-state index contributed by atoms with van der Waals surface area (Å²) in [5, 5.41) is 22.4. The minimum atomic E-state index is -3.75. The molecular weight excluding hydrogens is 767 g/mol. The number of carboxylic acid groups (broad SMARTS) is 1. The van der Waals surface area contributed by atoms with E-state index in [0.717, 1.165) is 27.1 Å². The molecule has 1 N–H and O–H groups in total. The molecule has 3 aromatic carbocycles. The molecule has 1 fully saturated rings. The number of aryl methyl sites for hydroxylation is 3. The van der Waals surface area contributed by atoms with Crippen LogP contribution in [0.4, 0.5) is 4.39 Å². The second kappa shape index (κ2) is 14.0. The maximum absolute atomic E-state index is 14.4. The summed E-state index contributed by atoms with van der Waals surface area (Å²) in [5.74, 6) is -0.315. The highest BCUT2D eigenvalue weighted by Gasteiger charge is 2.41. The quantitative estimate of drug-likeness (QED) is 0.200. The summed E-state index contributed by atoms with van der Waals surface area (Å²) in [4.78, 5) is 13.8. The molecule has 16 heteroatoms. The molecule has 0 radical (unpaired) electrons. The molecule has 6 aromatic rings. The molecule has 8 bridgehead atoms. The molecule has 0 unspecified atom stereocenters. The molecular formula is C39H38ClFN6O6S2. The van der Waals surface area contributed by atoms with Crippen molar-refractivity contribution in [1.29, 1.82) is 0 Å². The van der Waals surface area contributed by atoms with Crippen molar-refractivity contribution in [2.75, 3.05) is 13.2 Å². The fourth-order valence-electron chi connectivity index (χ4n) is 7.98. The molecule has 3 aromatic heterocycles. The number of benzene rings is 3. The van der Waals surface area contributed by atoms with E-state index in [-0.39, 0.29) is 37.8 Å². The maximum atomic E-state index is 14.4. The second-order valence-electron chi connectivity index (χ2n) is 14.3. The van der Waals surface area contributed by atoms with E-state index in [4.69, 9.17) is 31.3 Å². The van der Waals surface area contributed by atoms with Crippen molar-refractivity contribution in [3.05, 3.63) is 93.4 Å². The number of rotatable bonds is 3. The molecule has 55 heavy (non-hydrogen) atoms. The average molecular weight is 805 g/mol. The lowest BCUT2D eigenvalue weighted by atomic mass is 9.97. The zero-order chi connectivity index (χ0) is 38.2. The lowest BCUT2D eigenvalue weighted by Crippen LogP contribution is -2.33. The number of nitrogens with zero attached hydrogens (tertiary/aromatic N) is 6. The Kier molecular flexibility index (Phi) is 9.20. The summed E-state index contributed by atoms with van der Waals surface area (Å²) in [6.45, 7) is 1.41. The monoisotopic (exact) mass is 804 g/mol. The van der Waals surface area contributed by atoms with E-state index in [1.807, 2.05) is 36.0 Å². The number of halogens is 2. The first-order chi connectivity index (χ1) is 26.5. The average Bonchev–Trinajstić information content (AvgIpc) is 3.80. The Labute approximate surface area is 325 Å². The smallest absolute Gasteiger partial charge is 0.352 e. The Morgan fingerprint density at radius 3 is 2.64 bits per heavy atom. The minimum Gasteiger partial charge on any atom is -0.493 e. The van der Waals surface area contributed by atoms with Gasteiger partial charge in [-0.15, -0.1) is 11.8 Å². The van der Waals surface area contributed by atoms with Crippen LogP contribution in [-0.2, 0) is 67.3 Å². The van der Waals surface area contributed by atoms with Crippen LogP contribution in [0, 0.1) is 5.82 Å². The van der Waals surface area contributed by atoms with Crippen molar-refractivity contribution >= 4 is 61.0 Å². The second-order valence-corrected chi connectivity index (χ2v) is 18.0. The number of carbonyl (C=O) groups is 1. The topological polar surface area (TPSA) is 134 Å². The largest absolute Gasteiger partial charge is 0.493 e. The van der Waals surface area contributed by atoms with Crippen LogP contribution < -0.4 is 4.74 Å². The van der Waals surface area contributed by atoms with Gasteiger partial charge in [-0.25, -0.2) is 17.6 Å². The summed E-state index contributed by atoms with van der Waals surface area (Å²) in [5.41, 5.74) is 5.33. The van der Waals surface area contributed by atoms with E-state index in [9.17, 15) is 22.7 Å². The summed E-state index contributed by atoms with van der Waals surface area (Å²) in [6.07, 6.45) is 2.05. The number of hydrogen-bond acceptors (Lipinski definition) is 8. The van der Waals surface area contributed by atoms with Crippen molar-refractivity contribution in [3.8, 4) is 16.9 Å². The third-order valence-corrected chi connectivity index (χ3v) is 14.4. The first kappa shape index (κ1) is 36.2. The van der Waals surface area contributed by atoms with Gasteiger partial charge >= 0.3 is 5.97 Å². The Bertz CT molecular complexity index is 2650. The molecule has 1 saturated carbocycles. The van der Waals surface area contributed by atoms with Gasteiger partial charge < -0.3 is 19.1 Å². The van der Waals surface area contributed by atoms with Gasteiger partial charge in [0.15, 0.2) is 0 Å². The molecule has 12 nitrogen and oxygen atoms in total. The van der Waals surface area contributed by atoms with Gasteiger partial charge in [0.1, 0.15) is 17.3 Å². The van der Waals surface area contributed by atoms with Crippen LogP contribution in [0.2, 0.25) is 5.02 Å². The van der Waals surface area contributed by atoms with Gasteiger partial charge in [0.05, 0.1) is 72.3 Å². The number of aromatic carboxylic acids is 1. The summed E-state index contributed by atoms with van der Waals surface area (Å²) in [6, 6.07) is 14.0. The first-order valence-corrected chi connectivity index (χ1v) is 21.0. The number of sulfonamides is 1. The third kappa shape index (κ3) is 6.49. The van der Waals surface area contributed by atoms with Crippen LogP contribution >= 0.6 is 23.4 Å². The molecule has 0 atom stereocenters. The van der Waals surface area contributed by atoms with E-state index >= 15 is 0 Å². The zero-order valence-electron chi connectivity index (χ0n) is 30.2. The number of hydrogen-bond donors (Lipinski definition) is 1. The first-order valence-electron chi connectivity index (χ1n) is 18.2. The van der Waals surface area contributed by atoms with Crippen LogP contribution in [0.1, 0.15) is 58.1 Å². The van der Waals surface area contributed by atoms with Crippen LogP contribution in [0.25, 0.3) is 32.8 Å². The van der Waals surface area contributed by atoms with Crippen molar-refractivity contribution in [2.45, 2.75) is 67.8 Å². The molecule has 2 aliphatic heterocycles. The number of ether oxygens (including phenoxy) is 2. The highest BCUT2D eigenvalue weighted by atomic mass is 35.5. The predicted molar refractivity (Wildman–Crippen MR) is 207 cm³/mol. The molecule has 3 aliphatic rings. The van der Waals surface area contributed by atoms with Crippen LogP contribution in [-0.4, -0.2) is 66.4 Å². The van der Waals surface area contributed by atoms with Gasteiger partial charge in [-0.2, -0.15) is 14.5 Å². The molecule has 0 spiro atoms. The lowest BCUT2D eigenvalue weighted by molar-refractivity contribution is 0.0685. The highest BCUT2D eigenvalue weighted by molar-refractivity contribution is 7.98. The standard InChI is InChI=1S/C39H38ClFN6O6S2/c1-44-37-30-9-10-31(40)35(37)36-32(43-47-11-13-52-20-33(36)47)19-46(55(50,51)27-6-7-27)18-24-16-25(45(2)42-24)21-54-26-15-22-14-23(41)5-8-28(22)34(17-26)53-12-3-4-29(30)38(44)39(48)49/h5,8-10,14-17,27H,3-4,6-7,11-13,18-21H2,1-2H3,(H,48,49). The molecule has 0 amide bonds. The Hall–Kier alpha value is -4.41. The molecule has 0 saturated heterocycles. The number of thioether (sulfide) groups is 1. The number of carboxylic acids is 1. The third-order valence-electron chi connectivity index (χ3n) is 10.7. The lowest BCUT2D eigenvalue weighted by Gasteiger charge is -2.21. The van der Waals surface area contributed by atoms with Crippen LogP contribution in [0.15, 0.2) is 53.4 Å². The Morgan fingerprint density at radius 2 is 1.84 bits per heavy atom. The summed E-state index contributed by atoms with van der Waals surface area (Å²) < 4.78 is 61.9. The van der Waals surface area contributed by atoms with Gasteiger partial charge in [-0.05, 0) is 79.1 Å². The van der Waals surface area contributed by atoms with E-state index in [0.29, 0.717) is 94.3 Å². The van der Waals surface area contributed by atoms with Gasteiger partial charge in [0.2, 0.25) is 10.0 Å². The van der Waals surface area contributed by atoms with E-state index < -0.39 is 21.2 Å². The van der Waals surface area contributed by atoms with Crippen LogP contribution in [0.3, 0.4) is 0 Å². The predicted octanol–water partition coefficient (Wildman–Crippen LogP) is 7.06. The van der Waals surface area contributed by atoms with Gasteiger partial charge in [-0.3, -0.25) is 9.36 Å². The van der Waals surface area contributed by atoms with Gasteiger partial charge in [0, 0.05) is 52.3 Å². The normalized spacial score (nSPS) is 17.2. The number of fused-ring (bicyclic) bond motifs is 10. The van der Waals surface area contributed by atoms with E-state index in [2.05, 4.69) is 0 Å². The Morgan fingerprint density at radius 1 is 1.02 bits per heavy atom. The zero-order valence-corrected chi connectivity index (χ0v) is 32.6.